The van der Waals surface area contributed by atoms with E-state index >= 15 is 0 Å². The van der Waals surface area contributed by atoms with Crippen LogP contribution in [0.2, 0.25) is 0 Å². The van der Waals surface area contributed by atoms with Crippen molar-refractivity contribution < 1.29 is 4.79 Å². The molecule has 0 radical (unpaired) electrons. The number of carbonyl (C=O) groups is 1. The smallest absolute Gasteiger partial charge is 0.230 e. The van der Waals surface area contributed by atoms with E-state index in [0.717, 1.165) is 18.0 Å². The predicted octanol–water partition coefficient (Wildman–Crippen LogP) is 2.98. The highest BCUT2D eigenvalue weighted by atomic mass is 33.1. The first-order valence-electron chi connectivity index (χ1n) is 5.69. The summed E-state index contributed by atoms with van der Waals surface area (Å²) in [6.45, 7) is 5.03. The van der Waals surface area contributed by atoms with Crippen LogP contribution >= 0.6 is 21.6 Å². The standard InChI is InChI=1S/C12H18N2OS2/c1-3-10(2)8-14-11(15)9-16-17-12-6-4-5-7-13-12/h4-7,10H,3,8-9H2,1-2H3,(H,14,15). The maximum absolute atomic E-state index is 11.5. The highest BCUT2D eigenvalue weighted by Gasteiger charge is 2.04. The number of hydrogen-bond donors (Lipinski definition) is 1. The van der Waals surface area contributed by atoms with Gasteiger partial charge in [0.2, 0.25) is 5.91 Å². The Balaban J connectivity index is 2.12. The highest BCUT2D eigenvalue weighted by Crippen LogP contribution is 2.28. The minimum atomic E-state index is 0.0960. The lowest BCUT2D eigenvalue weighted by molar-refractivity contribution is -0.118. The molecule has 5 heteroatoms. The molecular formula is C12H18N2OS2. The highest BCUT2D eigenvalue weighted by molar-refractivity contribution is 8.76. The molecule has 0 saturated carbocycles. The largest absolute Gasteiger partial charge is 0.355 e. The molecule has 1 heterocycles. The number of rotatable bonds is 7. The van der Waals surface area contributed by atoms with Crippen molar-refractivity contribution in [3.63, 3.8) is 0 Å². The number of carbonyl (C=O) groups excluding carboxylic acids is 1. The van der Waals surface area contributed by atoms with Crippen molar-refractivity contribution in [2.24, 2.45) is 5.92 Å². The van der Waals surface area contributed by atoms with E-state index < -0.39 is 0 Å². The molecule has 1 amide bonds. The summed E-state index contributed by atoms with van der Waals surface area (Å²) >= 11 is 0. The number of nitrogens with zero attached hydrogens (tertiary/aromatic N) is 1. The van der Waals surface area contributed by atoms with Gasteiger partial charge in [0.25, 0.3) is 0 Å². The van der Waals surface area contributed by atoms with Crippen molar-refractivity contribution >= 4 is 27.5 Å². The van der Waals surface area contributed by atoms with Crippen molar-refractivity contribution in [3.05, 3.63) is 24.4 Å². The molecule has 0 bridgehead atoms. The van der Waals surface area contributed by atoms with E-state index in [1.807, 2.05) is 18.2 Å². The lowest BCUT2D eigenvalue weighted by atomic mass is 10.1. The maximum atomic E-state index is 11.5. The Hall–Kier alpha value is -0.680. The molecule has 1 N–H and O–H groups in total. The molecule has 0 spiro atoms. The van der Waals surface area contributed by atoms with E-state index in [0.29, 0.717) is 11.7 Å². The lowest BCUT2D eigenvalue weighted by Crippen LogP contribution is -2.29. The molecule has 0 aliphatic carbocycles. The minimum absolute atomic E-state index is 0.0960. The van der Waals surface area contributed by atoms with Crippen LogP contribution in [0.5, 0.6) is 0 Å². The Morgan fingerprint density at radius 3 is 3.00 bits per heavy atom. The zero-order chi connectivity index (χ0) is 12.5. The Labute approximate surface area is 111 Å². The average Bonchev–Trinajstić information content (AvgIpc) is 2.37. The molecule has 17 heavy (non-hydrogen) atoms. The molecule has 0 aliphatic rings. The zero-order valence-corrected chi connectivity index (χ0v) is 11.8. The number of amides is 1. The van der Waals surface area contributed by atoms with Gasteiger partial charge in [-0.2, -0.15) is 0 Å². The topological polar surface area (TPSA) is 42.0 Å². The molecule has 1 unspecified atom stereocenters. The van der Waals surface area contributed by atoms with E-state index in [1.165, 1.54) is 21.6 Å². The van der Waals surface area contributed by atoms with Gasteiger partial charge in [-0.05, 0) is 28.8 Å². The van der Waals surface area contributed by atoms with Gasteiger partial charge in [-0.3, -0.25) is 4.79 Å². The average molecular weight is 270 g/mol. The molecule has 94 valence electrons. The molecule has 1 atom stereocenters. The summed E-state index contributed by atoms with van der Waals surface area (Å²) in [6.07, 6.45) is 2.85. The van der Waals surface area contributed by atoms with Crippen LogP contribution in [0.15, 0.2) is 29.4 Å². The van der Waals surface area contributed by atoms with E-state index in [2.05, 4.69) is 24.1 Å². The first-order chi connectivity index (χ1) is 8.22. The second-order valence-electron chi connectivity index (χ2n) is 3.83. The first kappa shape index (κ1) is 14.4. The van der Waals surface area contributed by atoms with Crippen molar-refractivity contribution in [3.8, 4) is 0 Å². The van der Waals surface area contributed by atoms with Gasteiger partial charge in [-0.1, -0.05) is 37.1 Å². The second-order valence-corrected chi connectivity index (χ2v) is 6.15. The van der Waals surface area contributed by atoms with Gasteiger partial charge >= 0.3 is 0 Å². The van der Waals surface area contributed by atoms with Crippen LogP contribution in [0.3, 0.4) is 0 Å². The normalized spacial score (nSPS) is 12.1. The Morgan fingerprint density at radius 1 is 1.53 bits per heavy atom. The summed E-state index contributed by atoms with van der Waals surface area (Å²) in [7, 11) is 3.05. The monoisotopic (exact) mass is 270 g/mol. The quantitative estimate of drug-likeness (QED) is 0.773. The van der Waals surface area contributed by atoms with Crippen LogP contribution in [0.25, 0.3) is 0 Å². The molecule has 1 rings (SSSR count). The lowest BCUT2D eigenvalue weighted by Gasteiger charge is -2.09. The molecule has 0 aromatic carbocycles. The number of pyridine rings is 1. The molecule has 1 aromatic rings. The summed E-state index contributed by atoms with van der Waals surface area (Å²) in [5.74, 6) is 1.11. The van der Waals surface area contributed by atoms with Crippen LogP contribution in [0.4, 0.5) is 0 Å². The summed E-state index contributed by atoms with van der Waals surface area (Å²) in [5.41, 5.74) is 0. The third-order valence-electron chi connectivity index (χ3n) is 2.32. The minimum Gasteiger partial charge on any atom is -0.355 e. The Morgan fingerprint density at radius 2 is 2.35 bits per heavy atom. The van der Waals surface area contributed by atoms with Crippen LogP contribution in [0.1, 0.15) is 20.3 Å². The third kappa shape index (κ3) is 6.58. The number of nitrogens with one attached hydrogen (secondary N) is 1. The molecule has 1 aromatic heterocycles. The third-order valence-corrected chi connectivity index (χ3v) is 4.45. The fourth-order valence-corrected chi connectivity index (χ4v) is 2.81. The van der Waals surface area contributed by atoms with E-state index in [-0.39, 0.29) is 5.91 Å². The summed E-state index contributed by atoms with van der Waals surface area (Å²) in [5, 5.41) is 3.86. The van der Waals surface area contributed by atoms with Gasteiger partial charge in [-0.25, -0.2) is 4.98 Å². The molecule has 0 aliphatic heterocycles. The van der Waals surface area contributed by atoms with Gasteiger partial charge in [0.05, 0.1) is 5.75 Å². The SMILES string of the molecule is CCC(C)CNC(=O)CSSc1ccccn1. The van der Waals surface area contributed by atoms with Crippen molar-refractivity contribution in [1.82, 2.24) is 10.3 Å². The maximum Gasteiger partial charge on any atom is 0.230 e. The van der Waals surface area contributed by atoms with Gasteiger partial charge < -0.3 is 5.32 Å². The van der Waals surface area contributed by atoms with Crippen LogP contribution < -0.4 is 5.32 Å². The van der Waals surface area contributed by atoms with Gasteiger partial charge in [-0.15, -0.1) is 0 Å². The predicted molar refractivity (Wildman–Crippen MR) is 75.0 cm³/mol. The Kier molecular flexibility index (Phi) is 7.12. The van der Waals surface area contributed by atoms with Crippen molar-refractivity contribution in [2.75, 3.05) is 12.3 Å². The van der Waals surface area contributed by atoms with Crippen molar-refractivity contribution in [2.45, 2.75) is 25.3 Å². The van der Waals surface area contributed by atoms with Gasteiger partial charge in [0.15, 0.2) is 0 Å². The molecule has 3 nitrogen and oxygen atoms in total. The summed E-state index contributed by atoms with van der Waals surface area (Å²) < 4.78 is 0. The van der Waals surface area contributed by atoms with Crippen LogP contribution in [0, 0.1) is 5.92 Å². The summed E-state index contributed by atoms with van der Waals surface area (Å²) in [6, 6.07) is 5.77. The molecule has 0 fully saturated rings. The number of hydrogen-bond acceptors (Lipinski definition) is 4. The van der Waals surface area contributed by atoms with Crippen LogP contribution in [-0.4, -0.2) is 23.2 Å². The molecule has 0 saturated heterocycles. The van der Waals surface area contributed by atoms with E-state index in [9.17, 15) is 4.79 Å². The zero-order valence-electron chi connectivity index (χ0n) is 10.2. The number of aromatic nitrogens is 1. The first-order valence-corrected chi connectivity index (χ1v) is 8.01. The fourth-order valence-electron chi connectivity index (χ4n) is 1.02. The Bertz CT molecular complexity index is 333. The fraction of sp³-hybridized carbons (Fsp3) is 0.500. The second kappa shape index (κ2) is 8.42. The van der Waals surface area contributed by atoms with E-state index in [1.54, 1.807) is 6.20 Å². The van der Waals surface area contributed by atoms with Crippen molar-refractivity contribution in [1.29, 1.82) is 0 Å². The van der Waals surface area contributed by atoms with Gasteiger partial charge in [0.1, 0.15) is 5.03 Å². The van der Waals surface area contributed by atoms with Crippen LogP contribution in [-0.2, 0) is 4.79 Å². The van der Waals surface area contributed by atoms with Gasteiger partial charge in [0, 0.05) is 12.7 Å². The summed E-state index contributed by atoms with van der Waals surface area (Å²) in [4.78, 5) is 15.7. The molecular weight excluding hydrogens is 252 g/mol. The van der Waals surface area contributed by atoms with E-state index in [4.69, 9.17) is 0 Å².